The van der Waals surface area contributed by atoms with Crippen molar-refractivity contribution in [2.45, 2.75) is 39.9 Å². The number of amides is 2. The zero-order valence-corrected chi connectivity index (χ0v) is 18.7. The number of hydrogen-bond donors (Lipinski definition) is 2. The summed E-state index contributed by atoms with van der Waals surface area (Å²) in [5, 5.41) is 7.21. The van der Waals surface area contributed by atoms with Gasteiger partial charge in [0.25, 0.3) is 5.91 Å². The van der Waals surface area contributed by atoms with Gasteiger partial charge in [0.05, 0.1) is 21.5 Å². The van der Waals surface area contributed by atoms with Crippen molar-refractivity contribution in [2.24, 2.45) is 5.73 Å². The number of anilines is 1. The molecule has 0 saturated carbocycles. The van der Waals surface area contributed by atoms with E-state index in [1.165, 1.54) is 11.6 Å². The fourth-order valence-electron chi connectivity index (χ4n) is 3.08. The number of fused-ring (bicyclic) bond motifs is 1. The lowest BCUT2D eigenvalue weighted by Crippen LogP contribution is -2.26. The summed E-state index contributed by atoms with van der Waals surface area (Å²) >= 11 is 4.10. The fourth-order valence-corrected chi connectivity index (χ4v) is 4.40. The number of rotatable bonds is 4. The van der Waals surface area contributed by atoms with Crippen molar-refractivity contribution < 1.29 is 22.8 Å². The maximum Gasteiger partial charge on any atom is 0.433 e. The summed E-state index contributed by atoms with van der Waals surface area (Å²) in [6, 6.07) is 0.116. The first kappa shape index (κ1) is 22.2. The number of aromatic nitrogens is 3. The Morgan fingerprint density at radius 1 is 1.30 bits per heavy atom. The van der Waals surface area contributed by atoms with E-state index in [2.05, 4.69) is 31.3 Å². The van der Waals surface area contributed by atoms with Crippen molar-refractivity contribution in [3.63, 3.8) is 0 Å². The van der Waals surface area contributed by atoms with Crippen molar-refractivity contribution in [3.8, 4) is 0 Å². The SMILES string of the molecule is Cc1nn(C(C)C(=O)Nc2c(C(N)=O)sc3nc(C(F)(F)F)cc(C)c23)c(C)c1Br. The van der Waals surface area contributed by atoms with E-state index in [0.29, 0.717) is 17.0 Å². The van der Waals surface area contributed by atoms with Crippen LogP contribution < -0.4 is 11.1 Å². The van der Waals surface area contributed by atoms with Crippen LogP contribution in [0.5, 0.6) is 0 Å². The van der Waals surface area contributed by atoms with Crippen molar-refractivity contribution in [1.82, 2.24) is 14.8 Å². The molecule has 3 aromatic heterocycles. The van der Waals surface area contributed by atoms with Crippen molar-refractivity contribution in [1.29, 1.82) is 0 Å². The van der Waals surface area contributed by atoms with Gasteiger partial charge in [-0.15, -0.1) is 11.3 Å². The van der Waals surface area contributed by atoms with Gasteiger partial charge in [0.1, 0.15) is 21.4 Å². The summed E-state index contributed by atoms with van der Waals surface area (Å²) in [7, 11) is 0. The lowest BCUT2D eigenvalue weighted by molar-refractivity contribution is -0.141. The van der Waals surface area contributed by atoms with Gasteiger partial charge in [-0.2, -0.15) is 18.3 Å². The molecule has 0 spiro atoms. The van der Waals surface area contributed by atoms with Gasteiger partial charge in [-0.3, -0.25) is 14.3 Å². The predicted molar refractivity (Wildman–Crippen MR) is 111 cm³/mol. The maximum absolute atomic E-state index is 13.1. The van der Waals surface area contributed by atoms with E-state index in [-0.39, 0.29) is 26.3 Å². The highest BCUT2D eigenvalue weighted by atomic mass is 79.9. The van der Waals surface area contributed by atoms with Gasteiger partial charge in [0, 0.05) is 5.39 Å². The molecule has 0 aliphatic rings. The molecule has 12 heteroatoms. The first-order valence-electron chi connectivity index (χ1n) is 8.66. The number of primary amides is 1. The molecular formula is C18H17BrF3N5O2S. The molecule has 3 heterocycles. The summed E-state index contributed by atoms with van der Waals surface area (Å²) in [5.74, 6) is -1.38. The number of halogens is 4. The lowest BCUT2D eigenvalue weighted by Gasteiger charge is -2.15. The highest BCUT2D eigenvalue weighted by Crippen LogP contribution is 2.40. The van der Waals surface area contributed by atoms with Gasteiger partial charge < -0.3 is 11.1 Å². The monoisotopic (exact) mass is 503 g/mol. The van der Waals surface area contributed by atoms with Crippen LogP contribution in [0.4, 0.5) is 18.9 Å². The minimum absolute atomic E-state index is 0.0343. The smallest absolute Gasteiger partial charge is 0.365 e. The van der Waals surface area contributed by atoms with Gasteiger partial charge in [-0.25, -0.2) is 4.98 Å². The van der Waals surface area contributed by atoms with Gasteiger partial charge in [0.15, 0.2) is 0 Å². The molecular weight excluding hydrogens is 487 g/mol. The quantitative estimate of drug-likeness (QED) is 0.546. The summed E-state index contributed by atoms with van der Waals surface area (Å²) < 4.78 is 41.6. The lowest BCUT2D eigenvalue weighted by atomic mass is 10.1. The summed E-state index contributed by atoms with van der Waals surface area (Å²) in [4.78, 5) is 28.3. The second kappa shape index (κ2) is 7.65. The van der Waals surface area contributed by atoms with E-state index >= 15 is 0 Å². The van der Waals surface area contributed by atoms with Crippen LogP contribution in [0.3, 0.4) is 0 Å². The molecule has 0 radical (unpaired) electrons. The number of nitrogens with one attached hydrogen (secondary N) is 1. The highest BCUT2D eigenvalue weighted by Gasteiger charge is 2.34. The third kappa shape index (κ3) is 3.81. The Balaban J connectivity index is 2.08. The van der Waals surface area contributed by atoms with Crippen LogP contribution >= 0.6 is 27.3 Å². The predicted octanol–water partition coefficient (Wildman–Crippen LogP) is 4.50. The van der Waals surface area contributed by atoms with E-state index in [1.54, 1.807) is 20.8 Å². The molecule has 7 nitrogen and oxygen atoms in total. The van der Waals surface area contributed by atoms with Gasteiger partial charge in [0.2, 0.25) is 5.91 Å². The Hall–Kier alpha value is -2.47. The normalized spacial score (nSPS) is 12.9. The van der Waals surface area contributed by atoms with Crippen LogP contribution in [-0.2, 0) is 11.0 Å². The molecule has 0 aliphatic heterocycles. The van der Waals surface area contributed by atoms with Crippen LogP contribution in [0.1, 0.15) is 45.3 Å². The molecule has 30 heavy (non-hydrogen) atoms. The van der Waals surface area contributed by atoms with Crippen LogP contribution in [0.2, 0.25) is 0 Å². The zero-order valence-electron chi connectivity index (χ0n) is 16.3. The molecule has 3 rings (SSSR count). The minimum Gasteiger partial charge on any atom is -0.365 e. The van der Waals surface area contributed by atoms with Crippen molar-refractivity contribution in [2.75, 3.05) is 5.32 Å². The van der Waals surface area contributed by atoms with Crippen LogP contribution in [-0.4, -0.2) is 26.6 Å². The molecule has 0 aromatic carbocycles. The van der Waals surface area contributed by atoms with E-state index < -0.39 is 29.7 Å². The van der Waals surface area contributed by atoms with Crippen LogP contribution in [0, 0.1) is 20.8 Å². The van der Waals surface area contributed by atoms with Crippen LogP contribution in [0.15, 0.2) is 10.5 Å². The Morgan fingerprint density at radius 3 is 2.43 bits per heavy atom. The average Bonchev–Trinajstić information content (AvgIpc) is 3.13. The summed E-state index contributed by atoms with van der Waals surface area (Å²) in [5.41, 5.74) is 6.03. The van der Waals surface area contributed by atoms with Gasteiger partial charge in [-0.1, -0.05) is 0 Å². The van der Waals surface area contributed by atoms with Gasteiger partial charge in [-0.05, 0) is 55.3 Å². The minimum atomic E-state index is -4.64. The number of nitrogens with two attached hydrogens (primary N) is 1. The molecule has 0 fully saturated rings. The Labute approximate surface area is 181 Å². The topological polar surface area (TPSA) is 103 Å². The standard InChI is InChI=1S/C18H17BrF3N5O2S/c1-6-5-10(18(20,21)22)24-17-11(6)13(14(30-17)15(23)28)25-16(29)9(4)27-8(3)12(19)7(2)26-27/h5,9H,1-4H3,(H2,23,28)(H,25,29). The van der Waals surface area contributed by atoms with Crippen molar-refractivity contribution in [3.05, 3.63) is 38.1 Å². The zero-order chi connectivity index (χ0) is 22.5. The average molecular weight is 504 g/mol. The first-order valence-corrected chi connectivity index (χ1v) is 10.3. The largest absolute Gasteiger partial charge is 0.433 e. The number of nitrogens with zero attached hydrogens (tertiary/aromatic N) is 3. The molecule has 2 amide bonds. The van der Waals surface area contributed by atoms with Gasteiger partial charge >= 0.3 is 6.18 Å². The maximum atomic E-state index is 13.1. The summed E-state index contributed by atoms with van der Waals surface area (Å²) in [6.07, 6.45) is -4.64. The Kier molecular flexibility index (Phi) is 5.67. The number of carbonyl (C=O) groups is 2. The molecule has 160 valence electrons. The number of thiophene rings is 1. The molecule has 0 aliphatic carbocycles. The molecule has 3 aromatic rings. The number of pyridine rings is 1. The molecule has 1 atom stereocenters. The number of carbonyl (C=O) groups excluding carboxylic acids is 2. The van der Waals surface area contributed by atoms with Crippen LogP contribution in [0.25, 0.3) is 10.2 Å². The van der Waals surface area contributed by atoms with E-state index in [9.17, 15) is 22.8 Å². The third-order valence-electron chi connectivity index (χ3n) is 4.60. The summed E-state index contributed by atoms with van der Waals surface area (Å²) in [6.45, 7) is 6.64. The molecule has 1 unspecified atom stereocenters. The fraction of sp³-hybridized carbons (Fsp3) is 0.333. The highest BCUT2D eigenvalue weighted by molar-refractivity contribution is 9.10. The molecule has 0 saturated heterocycles. The number of hydrogen-bond acceptors (Lipinski definition) is 5. The second-order valence-electron chi connectivity index (χ2n) is 6.77. The molecule has 3 N–H and O–H groups in total. The number of alkyl halides is 3. The first-order chi connectivity index (χ1) is 13.8. The van der Waals surface area contributed by atoms with Crippen molar-refractivity contribution >= 4 is 55.0 Å². The molecule has 0 bridgehead atoms. The Morgan fingerprint density at radius 2 is 1.93 bits per heavy atom. The second-order valence-corrected chi connectivity index (χ2v) is 8.56. The third-order valence-corrected chi connectivity index (χ3v) is 6.85. The van der Waals surface area contributed by atoms with E-state index in [0.717, 1.165) is 16.2 Å². The van der Waals surface area contributed by atoms with E-state index in [4.69, 9.17) is 5.73 Å². The Bertz CT molecular complexity index is 1190. The van der Waals surface area contributed by atoms with E-state index in [1.807, 2.05) is 0 Å². The number of aryl methyl sites for hydroxylation is 2.